The first-order valence-electron chi connectivity index (χ1n) is 5.39. The Morgan fingerprint density at radius 3 is 3.12 bits per heavy atom. The van der Waals surface area contributed by atoms with Crippen molar-refractivity contribution >= 4 is 11.7 Å². The molecule has 0 fully saturated rings. The van der Waals surface area contributed by atoms with Crippen LogP contribution in [0, 0.1) is 6.92 Å². The van der Waals surface area contributed by atoms with E-state index in [1.54, 1.807) is 6.20 Å². The van der Waals surface area contributed by atoms with Gasteiger partial charge in [0.1, 0.15) is 11.2 Å². The van der Waals surface area contributed by atoms with Crippen molar-refractivity contribution in [2.45, 2.75) is 12.3 Å². The number of amides is 1. The fourth-order valence-corrected chi connectivity index (χ4v) is 2.36. The minimum absolute atomic E-state index is 0.0176. The van der Waals surface area contributed by atoms with Gasteiger partial charge in [0.25, 0.3) is 0 Å². The number of hydrogen-bond donors (Lipinski definition) is 2. The Balaban J connectivity index is 2.21. The zero-order valence-corrected chi connectivity index (χ0v) is 9.08. The van der Waals surface area contributed by atoms with Crippen LogP contribution in [0.2, 0.25) is 0 Å². The van der Waals surface area contributed by atoms with Crippen LogP contribution in [0.4, 0.5) is 5.82 Å². The van der Waals surface area contributed by atoms with Gasteiger partial charge in [-0.05, 0) is 18.6 Å². The average molecular weight is 215 g/mol. The number of carbonyl (C=O) groups excluding carboxylic acids is 1. The van der Waals surface area contributed by atoms with Crippen LogP contribution in [0.5, 0.6) is 0 Å². The number of aromatic nitrogens is 1. The standard InChI is InChI=1S/C12H13N3O/c1-8-5-9-10(14-6-8)15-11(16)12(9)3-2-4-13-7-12/h2-3,5-6,13H,4,7H2,1H3,(H,14,15,16)/t12-/m1/s1. The molecule has 1 atom stereocenters. The fraction of sp³-hybridized carbons (Fsp3) is 0.333. The fourth-order valence-electron chi connectivity index (χ4n) is 2.36. The van der Waals surface area contributed by atoms with Gasteiger partial charge in [0.2, 0.25) is 5.91 Å². The molecule has 1 spiro atoms. The molecule has 0 bridgehead atoms. The van der Waals surface area contributed by atoms with E-state index in [0.717, 1.165) is 17.7 Å². The highest BCUT2D eigenvalue weighted by Crippen LogP contribution is 2.38. The molecule has 0 radical (unpaired) electrons. The SMILES string of the molecule is Cc1cnc2c(c1)[C@]1(C=CCNC1)C(=O)N2. The van der Waals surface area contributed by atoms with Gasteiger partial charge >= 0.3 is 0 Å². The summed E-state index contributed by atoms with van der Waals surface area (Å²) in [7, 11) is 0. The topological polar surface area (TPSA) is 54.0 Å². The van der Waals surface area contributed by atoms with Gasteiger partial charge in [0, 0.05) is 24.8 Å². The zero-order valence-electron chi connectivity index (χ0n) is 9.08. The number of anilines is 1. The first-order chi connectivity index (χ1) is 7.72. The number of hydrogen-bond acceptors (Lipinski definition) is 3. The van der Waals surface area contributed by atoms with Crippen LogP contribution in [0.15, 0.2) is 24.4 Å². The van der Waals surface area contributed by atoms with Crippen LogP contribution in [-0.2, 0) is 10.2 Å². The second-order valence-corrected chi connectivity index (χ2v) is 4.37. The highest BCUT2D eigenvalue weighted by Gasteiger charge is 2.46. The Labute approximate surface area is 93.8 Å². The maximum atomic E-state index is 12.1. The third-order valence-electron chi connectivity index (χ3n) is 3.21. The van der Waals surface area contributed by atoms with E-state index in [2.05, 4.69) is 15.6 Å². The van der Waals surface area contributed by atoms with Crippen LogP contribution >= 0.6 is 0 Å². The molecule has 2 aliphatic rings. The smallest absolute Gasteiger partial charge is 0.241 e. The molecule has 2 aliphatic heterocycles. The molecule has 0 unspecified atom stereocenters. The van der Waals surface area contributed by atoms with Gasteiger partial charge in [-0.2, -0.15) is 0 Å². The summed E-state index contributed by atoms with van der Waals surface area (Å²) in [4.78, 5) is 16.3. The Bertz CT molecular complexity index is 495. The number of nitrogens with one attached hydrogen (secondary N) is 2. The van der Waals surface area contributed by atoms with Crippen molar-refractivity contribution in [3.8, 4) is 0 Å². The van der Waals surface area contributed by atoms with E-state index in [1.165, 1.54) is 0 Å². The first kappa shape index (κ1) is 9.54. The van der Waals surface area contributed by atoms with Gasteiger partial charge in [-0.3, -0.25) is 4.79 Å². The van der Waals surface area contributed by atoms with E-state index in [1.807, 2.05) is 25.1 Å². The molecule has 1 aromatic heterocycles. The number of fused-ring (bicyclic) bond motifs is 2. The molecular formula is C12H13N3O. The normalized spacial score (nSPS) is 26.9. The summed E-state index contributed by atoms with van der Waals surface area (Å²) in [6, 6.07) is 2.04. The van der Waals surface area contributed by atoms with Gasteiger partial charge in [-0.15, -0.1) is 0 Å². The number of rotatable bonds is 0. The number of carbonyl (C=O) groups is 1. The highest BCUT2D eigenvalue weighted by atomic mass is 16.2. The Hall–Kier alpha value is -1.68. The van der Waals surface area contributed by atoms with Crippen LogP contribution in [0.3, 0.4) is 0 Å². The van der Waals surface area contributed by atoms with E-state index in [9.17, 15) is 4.79 Å². The maximum Gasteiger partial charge on any atom is 0.241 e. The van der Waals surface area contributed by atoms with Gasteiger partial charge in [-0.25, -0.2) is 4.98 Å². The van der Waals surface area contributed by atoms with Crippen LogP contribution in [0.25, 0.3) is 0 Å². The summed E-state index contributed by atoms with van der Waals surface area (Å²) < 4.78 is 0. The molecule has 0 aromatic carbocycles. The summed E-state index contributed by atoms with van der Waals surface area (Å²) in [5.41, 5.74) is 1.52. The molecule has 82 valence electrons. The lowest BCUT2D eigenvalue weighted by Crippen LogP contribution is -2.45. The third kappa shape index (κ3) is 1.13. The monoisotopic (exact) mass is 215 g/mol. The molecule has 4 heteroatoms. The molecule has 4 nitrogen and oxygen atoms in total. The molecule has 3 heterocycles. The zero-order chi connectivity index (χ0) is 11.2. The number of aryl methyl sites for hydroxylation is 1. The quantitative estimate of drug-likeness (QED) is 0.628. The average Bonchev–Trinajstić information content (AvgIpc) is 2.55. The molecular weight excluding hydrogens is 202 g/mol. The highest BCUT2D eigenvalue weighted by molar-refractivity contribution is 6.07. The second kappa shape index (κ2) is 3.15. The summed E-state index contributed by atoms with van der Waals surface area (Å²) in [5, 5.41) is 6.08. The third-order valence-corrected chi connectivity index (χ3v) is 3.21. The van der Waals surface area contributed by atoms with Gasteiger partial charge in [-0.1, -0.05) is 12.2 Å². The van der Waals surface area contributed by atoms with Crippen molar-refractivity contribution in [1.29, 1.82) is 0 Å². The maximum absolute atomic E-state index is 12.1. The predicted octanol–water partition coefficient (Wildman–Crippen LogP) is 0.739. The van der Waals surface area contributed by atoms with Gasteiger partial charge < -0.3 is 10.6 Å². The summed E-state index contributed by atoms with van der Waals surface area (Å²) in [6.45, 7) is 3.46. The Morgan fingerprint density at radius 2 is 2.38 bits per heavy atom. The van der Waals surface area contributed by atoms with E-state index in [-0.39, 0.29) is 5.91 Å². The van der Waals surface area contributed by atoms with Crippen molar-refractivity contribution in [2.75, 3.05) is 18.4 Å². The summed E-state index contributed by atoms with van der Waals surface area (Å²) in [5.74, 6) is 0.716. The van der Waals surface area contributed by atoms with Crippen LogP contribution in [0.1, 0.15) is 11.1 Å². The van der Waals surface area contributed by atoms with E-state index in [4.69, 9.17) is 0 Å². The molecule has 1 aromatic rings. The molecule has 0 saturated heterocycles. The number of nitrogens with zero attached hydrogens (tertiary/aromatic N) is 1. The lowest BCUT2D eigenvalue weighted by Gasteiger charge is -2.27. The van der Waals surface area contributed by atoms with Crippen molar-refractivity contribution in [3.05, 3.63) is 35.5 Å². The van der Waals surface area contributed by atoms with E-state index >= 15 is 0 Å². The molecule has 2 N–H and O–H groups in total. The number of pyridine rings is 1. The minimum atomic E-state index is -0.549. The van der Waals surface area contributed by atoms with Crippen molar-refractivity contribution in [3.63, 3.8) is 0 Å². The Kier molecular flexibility index (Phi) is 1.88. The summed E-state index contributed by atoms with van der Waals surface area (Å²) >= 11 is 0. The summed E-state index contributed by atoms with van der Waals surface area (Å²) in [6.07, 6.45) is 5.77. The molecule has 0 aliphatic carbocycles. The van der Waals surface area contributed by atoms with E-state index < -0.39 is 5.41 Å². The molecule has 1 amide bonds. The van der Waals surface area contributed by atoms with Crippen molar-refractivity contribution < 1.29 is 4.79 Å². The lowest BCUT2D eigenvalue weighted by molar-refractivity contribution is -0.119. The van der Waals surface area contributed by atoms with Crippen LogP contribution < -0.4 is 10.6 Å². The van der Waals surface area contributed by atoms with Crippen molar-refractivity contribution in [2.24, 2.45) is 0 Å². The lowest BCUT2D eigenvalue weighted by atomic mass is 9.80. The predicted molar refractivity (Wildman–Crippen MR) is 61.3 cm³/mol. The molecule has 16 heavy (non-hydrogen) atoms. The first-order valence-corrected chi connectivity index (χ1v) is 5.39. The molecule has 0 saturated carbocycles. The molecule has 3 rings (SSSR count). The largest absolute Gasteiger partial charge is 0.312 e. The second-order valence-electron chi connectivity index (χ2n) is 4.37. The van der Waals surface area contributed by atoms with Gasteiger partial charge in [0.15, 0.2) is 0 Å². The Morgan fingerprint density at radius 1 is 1.50 bits per heavy atom. The van der Waals surface area contributed by atoms with Crippen molar-refractivity contribution in [1.82, 2.24) is 10.3 Å². The van der Waals surface area contributed by atoms with Crippen LogP contribution in [-0.4, -0.2) is 24.0 Å². The van der Waals surface area contributed by atoms with E-state index in [0.29, 0.717) is 12.4 Å². The minimum Gasteiger partial charge on any atom is -0.312 e. The van der Waals surface area contributed by atoms with Gasteiger partial charge in [0.05, 0.1) is 0 Å².